The quantitative estimate of drug-likeness (QED) is 0.770. The van der Waals surface area contributed by atoms with Gasteiger partial charge in [0.05, 0.1) is 23.1 Å². The molecule has 0 atom stereocenters. The summed E-state index contributed by atoms with van der Waals surface area (Å²) in [5.41, 5.74) is 7.50. The number of nitrogen functional groups attached to an aromatic ring is 1. The maximum Gasteiger partial charge on any atom is 0.407 e. The number of amides is 2. The summed E-state index contributed by atoms with van der Waals surface area (Å²) < 4.78 is 0.878. The van der Waals surface area contributed by atoms with Crippen molar-refractivity contribution < 1.29 is 14.7 Å². The Balaban J connectivity index is 2.21. The van der Waals surface area contributed by atoms with Crippen LogP contribution in [-0.4, -0.2) is 40.1 Å². The number of fused-ring (bicyclic) bond motifs is 1. The topological polar surface area (TPSA) is 109 Å². The Kier molecular flexibility index (Phi) is 4.81. The molecule has 0 unspecified atom stereocenters. The second kappa shape index (κ2) is 6.61. The van der Waals surface area contributed by atoms with Crippen LogP contribution in [0.5, 0.6) is 0 Å². The number of carbonyl (C=O) groups is 2. The predicted octanol–water partition coefficient (Wildman–Crippen LogP) is 2.52. The second-order valence-corrected chi connectivity index (χ2v) is 5.51. The average molecular weight is 367 g/mol. The minimum atomic E-state index is -1.15. The van der Waals surface area contributed by atoms with Gasteiger partial charge in [0.2, 0.25) is 5.91 Å². The Bertz CT molecular complexity index is 735. The number of carboxylic acid groups (broad SMARTS) is 1. The van der Waals surface area contributed by atoms with Gasteiger partial charge in [-0.3, -0.25) is 14.7 Å². The van der Waals surface area contributed by atoms with E-state index in [0.717, 1.165) is 9.37 Å². The molecule has 0 bridgehead atoms. The Morgan fingerprint density at radius 2 is 2.18 bits per heavy atom. The van der Waals surface area contributed by atoms with Crippen molar-refractivity contribution in [3.05, 3.63) is 28.9 Å². The number of likely N-dealkylation sites (N-methyl/N-ethyl adjacent to an activating group) is 1. The van der Waals surface area contributed by atoms with Crippen molar-refractivity contribution in [1.29, 1.82) is 0 Å². The standard InChI is InChI=1S/C14H15BrN4O3/c1-2-19(14(21)22)7-12(20)18-11-6-17-10-5-8(15)3-4-9(10)13(11)16/h3-6H,2,7H2,1H3,(H2,16,17)(H,18,20)(H,21,22). The third-order valence-electron chi connectivity index (χ3n) is 3.13. The highest BCUT2D eigenvalue weighted by atomic mass is 79.9. The average Bonchev–Trinajstić information content (AvgIpc) is 2.47. The Morgan fingerprint density at radius 1 is 1.45 bits per heavy atom. The lowest BCUT2D eigenvalue weighted by Crippen LogP contribution is -2.36. The smallest absolute Gasteiger partial charge is 0.407 e. The van der Waals surface area contributed by atoms with Crippen molar-refractivity contribution in [2.45, 2.75) is 6.92 Å². The Labute approximate surface area is 135 Å². The zero-order chi connectivity index (χ0) is 16.3. The summed E-state index contributed by atoms with van der Waals surface area (Å²) in [6, 6.07) is 5.45. The lowest BCUT2D eigenvalue weighted by Gasteiger charge is -2.17. The van der Waals surface area contributed by atoms with E-state index in [1.165, 1.54) is 6.20 Å². The normalized spacial score (nSPS) is 10.5. The molecule has 2 aromatic rings. The molecule has 0 saturated carbocycles. The Morgan fingerprint density at radius 3 is 2.82 bits per heavy atom. The van der Waals surface area contributed by atoms with Gasteiger partial charge >= 0.3 is 6.09 Å². The molecule has 8 heteroatoms. The van der Waals surface area contributed by atoms with Crippen molar-refractivity contribution >= 4 is 50.2 Å². The van der Waals surface area contributed by atoms with E-state index in [0.29, 0.717) is 22.3 Å². The van der Waals surface area contributed by atoms with Crippen molar-refractivity contribution in [3.63, 3.8) is 0 Å². The molecule has 2 rings (SSSR count). The van der Waals surface area contributed by atoms with E-state index in [1.54, 1.807) is 13.0 Å². The number of nitrogens with two attached hydrogens (primary N) is 1. The first-order valence-corrected chi connectivity index (χ1v) is 7.33. The number of halogens is 1. The van der Waals surface area contributed by atoms with Crippen LogP contribution in [0.3, 0.4) is 0 Å². The van der Waals surface area contributed by atoms with Crippen molar-refractivity contribution in [2.24, 2.45) is 0 Å². The molecule has 1 heterocycles. The monoisotopic (exact) mass is 366 g/mol. The molecular formula is C14H15BrN4O3. The van der Waals surface area contributed by atoms with Crippen molar-refractivity contribution in [3.8, 4) is 0 Å². The highest BCUT2D eigenvalue weighted by Crippen LogP contribution is 2.28. The molecule has 4 N–H and O–H groups in total. The van der Waals surface area contributed by atoms with Gasteiger partial charge in [0.25, 0.3) is 0 Å². The largest absolute Gasteiger partial charge is 0.465 e. The number of hydrogen-bond acceptors (Lipinski definition) is 4. The Hall–Kier alpha value is -2.35. The van der Waals surface area contributed by atoms with Gasteiger partial charge in [0, 0.05) is 16.4 Å². The van der Waals surface area contributed by atoms with E-state index in [4.69, 9.17) is 10.8 Å². The third-order valence-corrected chi connectivity index (χ3v) is 3.63. The van der Waals surface area contributed by atoms with Crippen LogP contribution in [0.15, 0.2) is 28.9 Å². The number of hydrogen-bond donors (Lipinski definition) is 3. The van der Waals surface area contributed by atoms with Gasteiger partial charge in [0.1, 0.15) is 6.54 Å². The molecule has 22 heavy (non-hydrogen) atoms. The predicted molar refractivity (Wildman–Crippen MR) is 87.8 cm³/mol. The van der Waals surface area contributed by atoms with Crippen molar-refractivity contribution in [2.75, 3.05) is 24.1 Å². The highest BCUT2D eigenvalue weighted by Gasteiger charge is 2.15. The summed E-state index contributed by atoms with van der Waals surface area (Å²) in [6.07, 6.45) is 0.311. The van der Waals surface area contributed by atoms with E-state index in [-0.39, 0.29) is 13.1 Å². The first-order chi connectivity index (χ1) is 10.4. The summed E-state index contributed by atoms with van der Waals surface area (Å²) in [4.78, 5) is 28.1. The maximum absolute atomic E-state index is 11.9. The SMILES string of the molecule is CCN(CC(=O)Nc1cnc2cc(Br)ccc2c1N)C(=O)O. The third kappa shape index (κ3) is 3.45. The molecule has 0 spiro atoms. The number of pyridine rings is 1. The van der Waals surface area contributed by atoms with E-state index in [1.807, 2.05) is 12.1 Å². The summed E-state index contributed by atoms with van der Waals surface area (Å²) in [5, 5.41) is 12.2. The van der Waals surface area contributed by atoms with Crippen LogP contribution in [0.1, 0.15) is 6.92 Å². The molecule has 116 valence electrons. The fourth-order valence-electron chi connectivity index (χ4n) is 1.97. The van der Waals surface area contributed by atoms with Gasteiger partial charge in [0.15, 0.2) is 0 Å². The van der Waals surface area contributed by atoms with Crippen LogP contribution in [0.25, 0.3) is 10.9 Å². The minimum Gasteiger partial charge on any atom is -0.465 e. The molecule has 7 nitrogen and oxygen atoms in total. The van der Waals surface area contributed by atoms with Crippen LogP contribution in [0, 0.1) is 0 Å². The second-order valence-electron chi connectivity index (χ2n) is 4.59. The lowest BCUT2D eigenvalue weighted by atomic mass is 10.1. The molecule has 0 radical (unpaired) electrons. The number of nitrogens with one attached hydrogen (secondary N) is 1. The molecule has 0 saturated heterocycles. The van der Waals surface area contributed by atoms with Crippen LogP contribution in [-0.2, 0) is 4.79 Å². The van der Waals surface area contributed by atoms with Gasteiger partial charge in [-0.2, -0.15) is 0 Å². The molecule has 0 aliphatic carbocycles. The van der Waals surface area contributed by atoms with Gasteiger partial charge in [-0.05, 0) is 25.1 Å². The van der Waals surface area contributed by atoms with Crippen LogP contribution in [0.2, 0.25) is 0 Å². The van der Waals surface area contributed by atoms with Crippen molar-refractivity contribution in [1.82, 2.24) is 9.88 Å². The summed E-state index contributed by atoms with van der Waals surface area (Å²) in [6.45, 7) is 1.62. The van der Waals surface area contributed by atoms with Gasteiger partial charge in [-0.1, -0.05) is 15.9 Å². The van der Waals surface area contributed by atoms with E-state index in [9.17, 15) is 9.59 Å². The molecule has 2 amide bonds. The number of benzene rings is 1. The van der Waals surface area contributed by atoms with Crippen LogP contribution >= 0.6 is 15.9 Å². The molecule has 0 aliphatic heterocycles. The van der Waals surface area contributed by atoms with E-state index in [2.05, 4.69) is 26.2 Å². The van der Waals surface area contributed by atoms with E-state index >= 15 is 0 Å². The van der Waals surface area contributed by atoms with Gasteiger partial charge in [-0.25, -0.2) is 4.79 Å². The van der Waals surface area contributed by atoms with Crippen LogP contribution in [0.4, 0.5) is 16.2 Å². The highest BCUT2D eigenvalue weighted by molar-refractivity contribution is 9.10. The number of rotatable bonds is 4. The number of aromatic nitrogens is 1. The number of nitrogens with zero attached hydrogens (tertiary/aromatic N) is 2. The zero-order valence-electron chi connectivity index (χ0n) is 11.8. The first-order valence-electron chi connectivity index (χ1n) is 6.53. The first kappa shape index (κ1) is 16.0. The summed E-state index contributed by atoms with van der Waals surface area (Å²) in [5.74, 6) is -0.464. The van der Waals surface area contributed by atoms with Crippen LogP contribution < -0.4 is 11.1 Å². The number of anilines is 2. The summed E-state index contributed by atoms with van der Waals surface area (Å²) in [7, 11) is 0. The van der Waals surface area contributed by atoms with Gasteiger partial charge in [-0.15, -0.1) is 0 Å². The fourth-order valence-corrected chi connectivity index (χ4v) is 2.31. The van der Waals surface area contributed by atoms with E-state index < -0.39 is 12.0 Å². The summed E-state index contributed by atoms with van der Waals surface area (Å²) >= 11 is 3.35. The maximum atomic E-state index is 11.9. The molecule has 1 aromatic heterocycles. The zero-order valence-corrected chi connectivity index (χ0v) is 13.4. The molecule has 0 fully saturated rings. The molecule has 1 aromatic carbocycles. The van der Waals surface area contributed by atoms with Gasteiger partial charge < -0.3 is 16.2 Å². The lowest BCUT2D eigenvalue weighted by molar-refractivity contribution is -0.117. The fraction of sp³-hybridized carbons (Fsp3) is 0.214. The molecular weight excluding hydrogens is 352 g/mol. The minimum absolute atomic E-state index is 0.224. The number of carbonyl (C=O) groups excluding carboxylic acids is 1. The molecule has 0 aliphatic rings.